The van der Waals surface area contributed by atoms with Crippen LogP contribution in [0.25, 0.3) is 5.69 Å². The summed E-state index contributed by atoms with van der Waals surface area (Å²) in [6.45, 7) is 6.31. The Bertz CT molecular complexity index is 925. The predicted octanol–water partition coefficient (Wildman–Crippen LogP) is 6.41. The third-order valence-electron chi connectivity index (χ3n) is 4.03. The molecular weight excluding hydrogens is 431 g/mol. The van der Waals surface area contributed by atoms with E-state index >= 15 is 0 Å². The van der Waals surface area contributed by atoms with Gasteiger partial charge in [0, 0.05) is 37.4 Å². The molecule has 0 fully saturated rings. The molecule has 0 aliphatic carbocycles. The molecule has 0 radical (unpaired) electrons. The van der Waals surface area contributed by atoms with Crippen LogP contribution in [0.4, 0.5) is 5.69 Å². The highest BCUT2D eigenvalue weighted by Crippen LogP contribution is 2.23. The van der Waals surface area contributed by atoms with E-state index in [0.717, 1.165) is 33.3 Å². The summed E-state index contributed by atoms with van der Waals surface area (Å²) in [7, 11) is 0. The maximum atomic E-state index is 6.13. The lowest BCUT2D eigenvalue weighted by molar-refractivity contribution is 0.965. The Hall–Kier alpha value is -1.59. The first-order valence-electron chi connectivity index (χ1n) is 7.71. The van der Waals surface area contributed by atoms with Crippen molar-refractivity contribution in [3.8, 4) is 5.69 Å². The summed E-state index contributed by atoms with van der Waals surface area (Å²) in [6.07, 6.45) is 1.94. The number of benzene rings is 2. The van der Waals surface area contributed by atoms with E-state index in [1.54, 1.807) is 0 Å². The van der Waals surface area contributed by atoms with E-state index in [1.807, 2.05) is 30.5 Å². The average Bonchev–Trinajstić information content (AvgIpc) is 2.82. The van der Waals surface area contributed by atoms with Gasteiger partial charge in [-0.1, -0.05) is 17.7 Å². The lowest BCUT2D eigenvalue weighted by atomic mass is 10.2. The van der Waals surface area contributed by atoms with E-state index in [2.05, 4.69) is 77.2 Å². The van der Waals surface area contributed by atoms with Gasteiger partial charge in [-0.25, -0.2) is 0 Å². The van der Waals surface area contributed by atoms with E-state index in [0.29, 0.717) is 0 Å². The molecule has 2 nitrogen and oxygen atoms in total. The van der Waals surface area contributed by atoms with Crippen molar-refractivity contribution in [2.24, 2.45) is 4.99 Å². The van der Waals surface area contributed by atoms with Gasteiger partial charge in [-0.2, -0.15) is 0 Å². The first-order valence-corrected chi connectivity index (χ1v) is 9.16. The fourth-order valence-corrected chi connectivity index (χ4v) is 3.30. The monoisotopic (exact) mass is 448 g/mol. The molecule has 3 aromatic rings. The Morgan fingerprint density at radius 1 is 1.04 bits per heavy atom. The molecule has 0 spiro atoms. The van der Waals surface area contributed by atoms with Gasteiger partial charge < -0.3 is 4.57 Å². The molecule has 4 heteroatoms. The van der Waals surface area contributed by atoms with Crippen LogP contribution in [-0.4, -0.2) is 10.8 Å². The predicted molar refractivity (Wildman–Crippen MR) is 111 cm³/mol. The first-order chi connectivity index (χ1) is 11.5. The van der Waals surface area contributed by atoms with Crippen LogP contribution in [0.15, 0.2) is 53.5 Å². The third kappa shape index (κ3) is 3.57. The zero-order valence-corrected chi connectivity index (χ0v) is 16.8. The molecule has 2 aromatic carbocycles. The molecule has 0 unspecified atom stereocenters. The smallest absolute Gasteiger partial charge is 0.0633 e. The number of hydrogen-bond donors (Lipinski definition) is 0. The highest BCUT2D eigenvalue weighted by molar-refractivity contribution is 14.1. The van der Waals surface area contributed by atoms with Crippen LogP contribution in [0.5, 0.6) is 0 Å². The van der Waals surface area contributed by atoms with Crippen LogP contribution >= 0.6 is 34.2 Å². The summed E-state index contributed by atoms with van der Waals surface area (Å²) in [4.78, 5) is 4.64. The summed E-state index contributed by atoms with van der Waals surface area (Å²) < 4.78 is 3.46. The fourth-order valence-electron chi connectivity index (χ4n) is 2.78. The Balaban J connectivity index is 1.97. The highest BCUT2D eigenvalue weighted by atomic mass is 127. The molecule has 0 aliphatic rings. The largest absolute Gasteiger partial charge is 0.318 e. The van der Waals surface area contributed by atoms with Crippen molar-refractivity contribution in [1.29, 1.82) is 0 Å². The van der Waals surface area contributed by atoms with Gasteiger partial charge in [0.2, 0.25) is 0 Å². The molecule has 3 rings (SSSR count). The number of halogens is 2. The molecule has 0 saturated heterocycles. The van der Waals surface area contributed by atoms with Crippen LogP contribution in [0.1, 0.15) is 22.5 Å². The Labute approximate surface area is 161 Å². The number of aliphatic imine (C=N–C) groups is 1. The van der Waals surface area contributed by atoms with E-state index in [-0.39, 0.29) is 0 Å². The molecular formula is C20H18ClIN2. The molecule has 122 valence electrons. The van der Waals surface area contributed by atoms with Gasteiger partial charge in [0.05, 0.1) is 5.69 Å². The van der Waals surface area contributed by atoms with Crippen LogP contribution in [0.3, 0.4) is 0 Å². The average molecular weight is 449 g/mol. The molecule has 0 saturated carbocycles. The third-order valence-corrected chi connectivity index (χ3v) is 5.48. The van der Waals surface area contributed by atoms with Gasteiger partial charge in [0.25, 0.3) is 0 Å². The minimum atomic E-state index is 0.740. The highest BCUT2D eigenvalue weighted by Gasteiger charge is 2.09. The SMILES string of the molecule is Cc1cc(N=Cc2cc(C)n(-c3cccc(Cl)c3)c2C)ccc1I. The van der Waals surface area contributed by atoms with Gasteiger partial charge in [-0.05, 0) is 91.4 Å². The maximum Gasteiger partial charge on any atom is 0.0633 e. The molecule has 1 aromatic heterocycles. The lowest BCUT2D eigenvalue weighted by Gasteiger charge is -2.09. The topological polar surface area (TPSA) is 17.3 Å². The van der Waals surface area contributed by atoms with Crippen molar-refractivity contribution in [3.05, 3.63) is 79.6 Å². The zero-order valence-electron chi connectivity index (χ0n) is 13.8. The van der Waals surface area contributed by atoms with Crippen molar-refractivity contribution in [2.75, 3.05) is 0 Å². The summed E-state index contributed by atoms with van der Waals surface area (Å²) in [5, 5.41) is 0.740. The van der Waals surface area contributed by atoms with Crippen molar-refractivity contribution < 1.29 is 0 Å². The molecule has 0 aliphatic heterocycles. The van der Waals surface area contributed by atoms with Gasteiger partial charge in [0.15, 0.2) is 0 Å². The van der Waals surface area contributed by atoms with Crippen molar-refractivity contribution in [3.63, 3.8) is 0 Å². The molecule has 0 atom stereocenters. The van der Waals surface area contributed by atoms with Crippen LogP contribution in [-0.2, 0) is 0 Å². The van der Waals surface area contributed by atoms with Gasteiger partial charge in [-0.15, -0.1) is 0 Å². The Kier molecular flexibility index (Phi) is 5.11. The Morgan fingerprint density at radius 3 is 2.54 bits per heavy atom. The van der Waals surface area contributed by atoms with Crippen LogP contribution in [0.2, 0.25) is 5.02 Å². The minimum Gasteiger partial charge on any atom is -0.318 e. The van der Waals surface area contributed by atoms with E-state index in [1.165, 1.54) is 9.13 Å². The summed E-state index contributed by atoms with van der Waals surface area (Å²) in [5.41, 5.74) is 6.72. The van der Waals surface area contributed by atoms with Crippen molar-refractivity contribution in [1.82, 2.24) is 4.57 Å². The molecule has 24 heavy (non-hydrogen) atoms. The number of aryl methyl sites for hydroxylation is 2. The lowest BCUT2D eigenvalue weighted by Crippen LogP contribution is -1.99. The molecule has 1 heterocycles. The van der Waals surface area contributed by atoms with Crippen LogP contribution in [0, 0.1) is 24.3 Å². The van der Waals surface area contributed by atoms with E-state index < -0.39 is 0 Å². The van der Waals surface area contributed by atoms with Gasteiger partial charge in [-0.3, -0.25) is 4.99 Å². The summed E-state index contributed by atoms with van der Waals surface area (Å²) in [6, 6.07) is 16.3. The minimum absolute atomic E-state index is 0.740. The summed E-state index contributed by atoms with van der Waals surface area (Å²) in [5.74, 6) is 0. The maximum absolute atomic E-state index is 6.13. The second-order valence-electron chi connectivity index (χ2n) is 5.83. The standard InChI is InChI=1S/C20H18ClIN2/c1-13-9-18(7-8-20(13)22)23-12-16-10-14(2)24(15(16)3)19-6-4-5-17(21)11-19/h4-12H,1-3H3. The first kappa shape index (κ1) is 17.2. The quantitative estimate of drug-likeness (QED) is 0.325. The zero-order chi connectivity index (χ0) is 17.3. The van der Waals surface area contributed by atoms with E-state index in [4.69, 9.17) is 11.6 Å². The Morgan fingerprint density at radius 2 is 1.83 bits per heavy atom. The van der Waals surface area contributed by atoms with Gasteiger partial charge in [0.1, 0.15) is 0 Å². The van der Waals surface area contributed by atoms with Crippen molar-refractivity contribution in [2.45, 2.75) is 20.8 Å². The molecule has 0 amide bonds. The fraction of sp³-hybridized carbons (Fsp3) is 0.150. The molecule has 0 N–H and O–H groups in total. The van der Waals surface area contributed by atoms with E-state index in [9.17, 15) is 0 Å². The van der Waals surface area contributed by atoms with Crippen molar-refractivity contribution >= 4 is 46.1 Å². The summed E-state index contributed by atoms with van der Waals surface area (Å²) >= 11 is 8.47. The number of hydrogen-bond acceptors (Lipinski definition) is 1. The normalized spacial score (nSPS) is 11.4. The second-order valence-corrected chi connectivity index (χ2v) is 7.43. The second kappa shape index (κ2) is 7.11. The van der Waals surface area contributed by atoms with Gasteiger partial charge >= 0.3 is 0 Å². The number of rotatable bonds is 3. The number of nitrogens with zero attached hydrogens (tertiary/aromatic N) is 2. The number of aromatic nitrogens is 1. The van der Waals surface area contributed by atoms with Crippen LogP contribution < -0.4 is 0 Å². The molecule has 0 bridgehead atoms.